The van der Waals surface area contributed by atoms with Crippen molar-refractivity contribution in [1.82, 2.24) is 15.2 Å². The van der Waals surface area contributed by atoms with Gasteiger partial charge in [0.1, 0.15) is 5.01 Å². The number of likely N-dealkylation sites (N-methyl/N-ethyl adjacent to an activating group) is 1. The van der Waals surface area contributed by atoms with Crippen molar-refractivity contribution in [2.75, 3.05) is 13.6 Å². The lowest BCUT2D eigenvalue weighted by Gasteiger charge is -2.16. The van der Waals surface area contributed by atoms with Crippen LogP contribution >= 0.6 is 22.9 Å². The van der Waals surface area contributed by atoms with Crippen molar-refractivity contribution in [3.8, 4) is 0 Å². The number of nitrogens with zero attached hydrogens (tertiary/aromatic N) is 2. The fourth-order valence-electron chi connectivity index (χ4n) is 2.31. The van der Waals surface area contributed by atoms with Gasteiger partial charge in [0.05, 0.1) is 33.9 Å². The zero-order valence-corrected chi connectivity index (χ0v) is 15.1. The molecule has 0 atom stereocenters. The number of thiazole rings is 1. The van der Waals surface area contributed by atoms with Crippen LogP contribution in [-0.4, -0.2) is 35.3 Å². The molecule has 128 valence electrons. The van der Waals surface area contributed by atoms with Crippen molar-refractivity contribution in [2.45, 2.75) is 6.54 Å². The first kappa shape index (κ1) is 17.4. The van der Waals surface area contributed by atoms with E-state index in [1.165, 1.54) is 0 Å². The predicted octanol–water partition coefficient (Wildman–Crippen LogP) is 3.34. The van der Waals surface area contributed by atoms with E-state index < -0.39 is 0 Å². The average Bonchev–Trinajstić information content (AvgIpc) is 3.01. The Kier molecular flexibility index (Phi) is 5.31. The van der Waals surface area contributed by atoms with Gasteiger partial charge in [0, 0.05) is 7.05 Å². The summed E-state index contributed by atoms with van der Waals surface area (Å²) in [5, 5.41) is 3.81. The Labute approximate surface area is 154 Å². The van der Waals surface area contributed by atoms with Gasteiger partial charge in [-0.15, -0.1) is 11.3 Å². The van der Waals surface area contributed by atoms with Crippen LogP contribution in [0, 0.1) is 0 Å². The van der Waals surface area contributed by atoms with Gasteiger partial charge in [-0.25, -0.2) is 4.98 Å². The predicted molar refractivity (Wildman–Crippen MR) is 99.9 cm³/mol. The molecule has 0 saturated heterocycles. The summed E-state index contributed by atoms with van der Waals surface area (Å²) >= 11 is 7.54. The Morgan fingerprint density at radius 1 is 1.16 bits per heavy atom. The molecular formula is C18H16ClN3O2S. The zero-order valence-electron chi connectivity index (χ0n) is 13.5. The SMILES string of the molecule is CN(Cc1nc2ccccc2s1)C(=O)CNC(=O)c1ccccc1Cl. The molecular weight excluding hydrogens is 358 g/mol. The summed E-state index contributed by atoms with van der Waals surface area (Å²) in [4.78, 5) is 30.4. The third kappa shape index (κ3) is 4.15. The topological polar surface area (TPSA) is 62.3 Å². The standard InChI is InChI=1S/C18H16ClN3O2S/c1-22(11-16-21-14-8-4-5-9-15(14)25-16)17(23)10-20-18(24)12-6-2-3-7-13(12)19/h2-9H,10-11H2,1H3,(H,20,24). The van der Waals surface area contributed by atoms with E-state index >= 15 is 0 Å². The lowest BCUT2D eigenvalue weighted by atomic mass is 10.2. The van der Waals surface area contributed by atoms with Crippen molar-refractivity contribution >= 4 is 45.0 Å². The van der Waals surface area contributed by atoms with E-state index in [2.05, 4.69) is 10.3 Å². The number of hydrogen-bond donors (Lipinski definition) is 1. The minimum Gasteiger partial charge on any atom is -0.343 e. The highest BCUT2D eigenvalue weighted by molar-refractivity contribution is 7.18. The van der Waals surface area contributed by atoms with Gasteiger partial charge >= 0.3 is 0 Å². The lowest BCUT2D eigenvalue weighted by Crippen LogP contribution is -2.37. The molecule has 1 N–H and O–H groups in total. The molecule has 7 heteroatoms. The maximum atomic E-state index is 12.2. The molecule has 3 rings (SSSR count). The third-order valence-electron chi connectivity index (χ3n) is 3.66. The van der Waals surface area contributed by atoms with Crippen LogP contribution in [0.5, 0.6) is 0 Å². The number of halogens is 1. The second kappa shape index (κ2) is 7.63. The van der Waals surface area contributed by atoms with Crippen LogP contribution in [0.1, 0.15) is 15.4 Å². The number of para-hydroxylation sites is 1. The number of rotatable bonds is 5. The monoisotopic (exact) mass is 373 g/mol. The van der Waals surface area contributed by atoms with Crippen LogP contribution in [0.3, 0.4) is 0 Å². The van der Waals surface area contributed by atoms with Crippen molar-refractivity contribution in [2.24, 2.45) is 0 Å². The Morgan fingerprint density at radius 2 is 1.88 bits per heavy atom. The van der Waals surface area contributed by atoms with E-state index in [1.807, 2.05) is 24.3 Å². The maximum Gasteiger partial charge on any atom is 0.253 e. The van der Waals surface area contributed by atoms with Gasteiger partial charge < -0.3 is 10.2 Å². The molecule has 0 aliphatic rings. The highest BCUT2D eigenvalue weighted by atomic mass is 35.5. The minimum absolute atomic E-state index is 0.0918. The number of nitrogens with one attached hydrogen (secondary N) is 1. The summed E-state index contributed by atoms with van der Waals surface area (Å²) in [6, 6.07) is 14.6. The van der Waals surface area contributed by atoms with Gasteiger partial charge in [-0.2, -0.15) is 0 Å². The van der Waals surface area contributed by atoms with Crippen molar-refractivity contribution in [3.05, 3.63) is 64.1 Å². The number of carbonyl (C=O) groups excluding carboxylic acids is 2. The normalized spacial score (nSPS) is 10.6. The number of benzene rings is 2. The second-order valence-corrected chi connectivity index (χ2v) is 7.01. The van der Waals surface area contributed by atoms with Gasteiger partial charge in [-0.1, -0.05) is 35.9 Å². The summed E-state index contributed by atoms with van der Waals surface area (Å²) in [6.45, 7) is 0.311. The number of hydrogen-bond acceptors (Lipinski definition) is 4. The van der Waals surface area contributed by atoms with Gasteiger partial charge in [0.15, 0.2) is 0 Å². The lowest BCUT2D eigenvalue weighted by molar-refractivity contribution is -0.129. The molecule has 25 heavy (non-hydrogen) atoms. The second-order valence-electron chi connectivity index (χ2n) is 5.49. The van der Waals surface area contributed by atoms with Crippen LogP contribution in [0.25, 0.3) is 10.2 Å². The molecule has 1 heterocycles. The van der Waals surface area contributed by atoms with Crippen LogP contribution in [0.15, 0.2) is 48.5 Å². The van der Waals surface area contributed by atoms with Gasteiger partial charge in [-0.05, 0) is 24.3 Å². The Morgan fingerprint density at radius 3 is 2.64 bits per heavy atom. The number of aromatic nitrogens is 1. The van der Waals surface area contributed by atoms with Crippen molar-refractivity contribution < 1.29 is 9.59 Å². The van der Waals surface area contributed by atoms with E-state index in [-0.39, 0.29) is 18.4 Å². The Balaban J connectivity index is 1.57. The van der Waals surface area contributed by atoms with Crippen LogP contribution in [-0.2, 0) is 11.3 Å². The third-order valence-corrected chi connectivity index (χ3v) is 5.01. The van der Waals surface area contributed by atoms with Gasteiger partial charge in [-0.3, -0.25) is 9.59 Å². The molecule has 0 fully saturated rings. The van der Waals surface area contributed by atoms with Gasteiger partial charge in [0.25, 0.3) is 5.91 Å². The molecule has 0 spiro atoms. The zero-order chi connectivity index (χ0) is 17.8. The fourth-order valence-corrected chi connectivity index (χ4v) is 3.55. The molecule has 0 unspecified atom stereocenters. The number of amides is 2. The Hall–Kier alpha value is -2.44. The first-order valence-corrected chi connectivity index (χ1v) is 8.85. The smallest absolute Gasteiger partial charge is 0.253 e. The van der Waals surface area contributed by atoms with Crippen molar-refractivity contribution in [3.63, 3.8) is 0 Å². The first-order valence-electron chi connectivity index (χ1n) is 7.66. The average molecular weight is 374 g/mol. The Bertz CT molecular complexity index is 892. The molecule has 5 nitrogen and oxygen atoms in total. The first-order chi connectivity index (χ1) is 12.0. The van der Waals surface area contributed by atoms with Crippen LogP contribution in [0.4, 0.5) is 0 Å². The highest BCUT2D eigenvalue weighted by Crippen LogP contribution is 2.22. The number of fused-ring (bicyclic) bond motifs is 1. The molecule has 2 amide bonds. The summed E-state index contributed by atoms with van der Waals surface area (Å²) in [5.74, 6) is -0.563. The summed E-state index contributed by atoms with van der Waals surface area (Å²) in [5.41, 5.74) is 1.28. The van der Waals surface area contributed by atoms with Gasteiger partial charge in [0.2, 0.25) is 5.91 Å². The molecule has 0 aliphatic heterocycles. The fraction of sp³-hybridized carbons (Fsp3) is 0.167. The maximum absolute atomic E-state index is 12.2. The molecule has 0 bridgehead atoms. The molecule has 0 aliphatic carbocycles. The van der Waals surface area contributed by atoms with E-state index in [0.29, 0.717) is 17.1 Å². The molecule has 0 radical (unpaired) electrons. The van der Waals surface area contributed by atoms with Crippen molar-refractivity contribution in [1.29, 1.82) is 0 Å². The quantitative estimate of drug-likeness (QED) is 0.746. The molecule has 1 aromatic heterocycles. The van der Waals surface area contributed by atoms with E-state index in [9.17, 15) is 9.59 Å². The summed E-state index contributed by atoms with van der Waals surface area (Å²) < 4.78 is 1.09. The summed E-state index contributed by atoms with van der Waals surface area (Å²) in [6.07, 6.45) is 0. The summed E-state index contributed by atoms with van der Waals surface area (Å²) in [7, 11) is 1.69. The largest absolute Gasteiger partial charge is 0.343 e. The van der Waals surface area contributed by atoms with E-state index in [0.717, 1.165) is 15.2 Å². The molecule has 3 aromatic rings. The van der Waals surface area contributed by atoms with Crippen LogP contribution in [0.2, 0.25) is 5.02 Å². The molecule has 0 saturated carbocycles. The van der Waals surface area contributed by atoms with E-state index in [1.54, 1.807) is 47.5 Å². The van der Waals surface area contributed by atoms with E-state index in [4.69, 9.17) is 11.6 Å². The molecule has 2 aromatic carbocycles. The van der Waals surface area contributed by atoms with Crippen LogP contribution < -0.4 is 5.32 Å². The minimum atomic E-state index is -0.368. The number of carbonyl (C=O) groups is 2. The highest BCUT2D eigenvalue weighted by Gasteiger charge is 2.15.